The summed E-state index contributed by atoms with van der Waals surface area (Å²) in [6.45, 7) is 8.97. The number of carbonyl (C=O) groups is 1. The van der Waals surface area contributed by atoms with E-state index in [9.17, 15) is 10.1 Å². The molecule has 32 heavy (non-hydrogen) atoms. The summed E-state index contributed by atoms with van der Waals surface area (Å²) in [6.07, 6.45) is 0.521. The molecule has 0 spiro atoms. The van der Waals surface area contributed by atoms with E-state index in [1.807, 2.05) is 38.1 Å². The minimum atomic E-state index is -0.585. The zero-order chi connectivity index (χ0) is 22.8. The summed E-state index contributed by atoms with van der Waals surface area (Å²) in [5.74, 6) is 0.161. The molecule has 0 unspecified atom stereocenters. The lowest BCUT2D eigenvalue weighted by atomic mass is 9.68. The molecule has 5 rings (SSSR count). The number of ketones is 1. The number of halogens is 1. The molecular weight excluding hydrogens is 470 g/mol. The fraction of sp³-hybridized carbons (Fsp3) is 0.385. The molecule has 5 nitrogen and oxygen atoms in total. The van der Waals surface area contributed by atoms with E-state index in [2.05, 4.69) is 35.8 Å². The molecule has 164 valence electrons. The molecule has 0 bridgehead atoms. The van der Waals surface area contributed by atoms with Crippen LogP contribution in [0.25, 0.3) is 5.57 Å². The average molecular weight is 494 g/mol. The molecule has 1 fully saturated rings. The molecule has 2 aromatic carbocycles. The van der Waals surface area contributed by atoms with Gasteiger partial charge in [0.2, 0.25) is 0 Å². The van der Waals surface area contributed by atoms with Crippen LogP contribution in [0.3, 0.4) is 0 Å². The first-order valence-corrected chi connectivity index (χ1v) is 11.5. The Morgan fingerprint density at radius 3 is 2.62 bits per heavy atom. The predicted molar refractivity (Wildman–Crippen MR) is 124 cm³/mol. The minimum absolute atomic E-state index is 0.0329. The Hall–Kier alpha value is -2.46. The SMILES string of the molecule is CC1(C)OC[C@@H](COc2ccc3c(c2)C(C)(C)C2=C(C3=O)c3ccc(C#N)c(Br)c3C2)O1. The van der Waals surface area contributed by atoms with Gasteiger partial charge in [-0.2, -0.15) is 5.26 Å². The summed E-state index contributed by atoms with van der Waals surface area (Å²) in [4.78, 5) is 13.5. The van der Waals surface area contributed by atoms with Crippen LogP contribution < -0.4 is 4.74 Å². The molecular formula is C26H24BrNO4. The lowest BCUT2D eigenvalue weighted by Gasteiger charge is -2.34. The Balaban J connectivity index is 1.47. The van der Waals surface area contributed by atoms with E-state index in [-0.39, 0.29) is 17.3 Å². The second-order valence-corrected chi connectivity index (χ2v) is 10.3. The second kappa shape index (κ2) is 7.28. The molecule has 1 aliphatic heterocycles. The molecule has 0 aromatic heterocycles. The van der Waals surface area contributed by atoms with Crippen molar-refractivity contribution in [1.82, 2.24) is 0 Å². The fourth-order valence-electron chi connectivity index (χ4n) is 4.99. The van der Waals surface area contributed by atoms with Gasteiger partial charge in [0.25, 0.3) is 0 Å². The molecule has 2 aromatic rings. The summed E-state index contributed by atoms with van der Waals surface area (Å²) in [5.41, 5.74) is 5.71. The van der Waals surface area contributed by atoms with Gasteiger partial charge in [-0.1, -0.05) is 19.9 Å². The number of Topliss-reactive ketones (excluding diaryl/α,β-unsaturated/α-hetero) is 1. The van der Waals surface area contributed by atoms with E-state index >= 15 is 0 Å². The Morgan fingerprint density at radius 2 is 1.94 bits per heavy atom. The van der Waals surface area contributed by atoms with Gasteiger partial charge in [0.1, 0.15) is 24.5 Å². The monoisotopic (exact) mass is 493 g/mol. The van der Waals surface area contributed by atoms with E-state index in [1.165, 1.54) is 0 Å². The van der Waals surface area contributed by atoms with Gasteiger partial charge in [0.05, 0.1) is 12.2 Å². The maximum Gasteiger partial charge on any atom is 0.193 e. The summed E-state index contributed by atoms with van der Waals surface area (Å²) in [7, 11) is 0. The number of nitriles is 1. The van der Waals surface area contributed by atoms with Gasteiger partial charge < -0.3 is 14.2 Å². The highest BCUT2D eigenvalue weighted by atomic mass is 79.9. The molecule has 6 heteroatoms. The largest absolute Gasteiger partial charge is 0.491 e. The van der Waals surface area contributed by atoms with Crippen molar-refractivity contribution in [3.63, 3.8) is 0 Å². The van der Waals surface area contributed by atoms with Crippen LogP contribution in [0.2, 0.25) is 0 Å². The van der Waals surface area contributed by atoms with E-state index in [1.54, 1.807) is 6.07 Å². The number of fused-ring (bicyclic) bond motifs is 3. The van der Waals surface area contributed by atoms with Gasteiger partial charge in [0.15, 0.2) is 11.6 Å². The van der Waals surface area contributed by atoms with Crippen molar-refractivity contribution in [2.45, 2.75) is 51.4 Å². The average Bonchev–Trinajstić information content (AvgIpc) is 3.32. The lowest BCUT2D eigenvalue weighted by Crippen LogP contribution is -2.30. The van der Waals surface area contributed by atoms with Crippen molar-refractivity contribution in [2.24, 2.45) is 0 Å². The number of ether oxygens (including phenoxy) is 3. The van der Waals surface area contributed by atoms with Crippen molar-refractivity contribution < 1.29 is 19.0 Å². The van der Waals surface area contributed by atoms with Crippen molar-refractivity contribution in [1.29, 1.82) is 5.26 Å². The van der Waals surface area contributed by atoms with Gasteiger partial charge in [-0.15, -0.1) is 0 Å². The van der Waals surface area contributed by atoms with Gasteiger partial charge in [-0.05, 0) is 82.7 Å². The molecule has 0 radical (unpaired) electrons. The molecule has 2 aliphatic carbocycles. The predicted octanol–water partition coefficient (Wildman–Crippen LogP) is 5.33. The number of allylic oxidation sites excluding steroid dienone is 2. The van der Waals surface area contributed by atoms with Gasteiger partial charge in [-0.25, -0.2) is 0 Å². The molecule has 0 saturated carbocycles. The second-order valence-electron chi connectivity index (χ2n) is 9.52. The Kier molecular flexibility index (Phi) is 4.86. The zero-order valence-corrected chi connectivity index (χ0v) is 20.1. The maximum atomic E-state index is 13.5. The number of hydrogen-bond donors (Lipinski definition) is 0. The van der Waals surface area contributed by atoms with E-state index in [4.69, 9.17) is 14.2 Å². The first-order valence-electron chi connectivity index (χ1n) is 10.7. The van der Waals surface area contributed by atoms with Gasteiger partial charge >= 0.3 is 0 Å². The highest BCUT2D eigenvalue weighted by molar-refractivity contribution is 9.10. The summed E-state index contributed by atoms with van der Waals surface area (Å²) in [5, 5.41) is 9.40. The molecule has 0 amide bonds. The number of carbonyl (C=O) groups excluding carboxylic acids is 1. The smallest absolute Gasteiger partial charge is 0.193 e. The van der Waals surface area contributed by atoms with Crippen molar-refractivity contribution in [3.8, 4) is 11.8 Å². The number of nitrogens with zero attached hydrogens (tertiary/aromatic N) is 1. The highest BCUT2D eigenvalue weighted by Gasteiger charge is 2.43. The Morgan fingerprint density at radius 1 is 1.19 bits per heavy atom. The minimum Gasteiger partial charge on any atom is -0.491 e. The first kappa shape index (κ1) is 21.4. The third-order valence-corrected chi connectivity index (χ3v) is 7.59. The van der Waals surface area contributed by atoms with Crippen molar-refractivity contribution >= 4 is 27.3 Å². The molecule has 1 heterocycles. The van der Waals surface area contributed by atoms with Crippen molar-refractivity contribution in [3.05, 3.63) is 68.2 Å². The number of hydrogen-bond acceptors (Lipinski definition) is 5. The first-order chi connectivity index (χ1) is 15.1. The van der Waals surface area contributed by atoms with Crippen LogP contribution in [0, 0.1) is 11.3 Å². The van der Waals surface area contributed by atoms with Gasteiger partial charge in [-0.3, -0.25) is 4.79 Å². The van der Waals surface area contributed by atoms with E-state index in [0.29, 0.717) is 36.5 Å². The highest BCUT2D eigenvalue weighted by Crippen LogP contribution is 2.51. The van der Waals surface area contributed by atoms with Crippen LogP contribution in [0.1, 0.15) is 60.3 Å². The summed E-state index contributed by atoms with van der Waals surface area (Å²) < 4.78 is 18.2. The van der Waals surface area contributed by atoms with Crippen LogP contribution in [-0.4, -0.2) is 30.9 Å². The summed E-state index contributed by atoms with van der Waals surface area (Å²) >= 11 is 3.59. The number of rotatable bonds is 3. The molecule has 3 aliphatic rings. The maximum absolute atomic E-state index is 13.5. The van der Waals surface area contributed by atoms with Crippen LogP contribution in [-0.2, 0) is 21.3 Å². The van der Waals surface area contributed by atoms with Crippen molar-refractivity contribution in [2.75, 3.05) is 13.2 Å². The summed E-state index contributed by atoms with van der Waals surface area (Å²) in [6, 6.07) is 11.6. The Labute approximate surface area is 196 Å². The molecule has 1 atom stereocenters. The van der Waals surface area contributed by atoms with Crippen LogP contribution in [0.15, 0.2) is 40.4 Å². The fourth-order valence-corrected chi connectivity index (χ4v) is 5.57. The third kappa shape index (κ3) is 3.23. The van der Waals surface area contributed by atoms with E-state index < -0.39 is 5.79 Å². The normalized spacial score (nSPS) is 22.2. The van der Waals surface area contributed by atoms with Crippen LogP contribution in [0.4, 0.5) is 0 Å². The zero-order valence-electron chi connectivity index (χ0n) is 18.5. The Bertz CT molecular complexity index is 1240. The van der Waals surface area contributed by atoms with Crippen LogP contribution >= 0.6 is 15.9 Å². The standard InChI is InChI=1S/C26H24BrNO4/c1-25(2)20-9-15(30-12-16-13-31-26(3,4)32-16)6-8-18(20)24(29)22-17-7-5-14(11-28)23(27)19(17)10-21(22)25/h5-9,16H,10,12-13H2,1-4H3/t16-/m1/s1. The molecule has 1 saturated heterocycles. The molecule has 0 N–H and O–H groups in total. The number of benzene rings is 2. The lowest BCUT2D eigenvalue weighted by molar-refractivity contribution is -0.141. The van der Waals surface area contributed by atoms with Gasteiger partial charge in [0, 0.05) is 21.0 Å². The van der Waals surface area contributed by atoms with Crippen LogP contribution in [0.5, 0.6) is 5.75 Å². The third-order valence-electron chi connectivity index (χ3n) is 6.68. The quantitative estimate of drug-likeness (QED) is 0.577. The topological polar surface area (TPSA) is 68.5 Å². The van der Waals surface area contributed by atoms with E-state index in [0.717, 1.165) is 32.3 Å².